The summed E-state index contributed by atoms with van der Waals surface area (Å²) < 4.78 is 1.97. The molecule has 0 spiro atoms. The van der Waals surface area contributed by atoms with Crippen molar-refractivity contribution in [3.8, 4) is 5.69 Å². The van der Waals surface area contributed by atoms with Crippen LogP contribution in [0.4, 0.5) is 4.79 Å². The number of fused-ring (bicyclic) bond motifs is 1. The Morgan fingerprint density at radius 1 is 1.03 bits per heavy atom. The van der Waals surface area contributed by atoms with Gasteiger partial charge in [-0.3, -0.25) is 9.69 Å². The highest BCUT2D eigenvalue weighted by Crippen LogP contribution is 2.34. The van der Waals surface area contributed by atoms with E-state index in [1.54, 1.807) is 6.92 Å². The van der Waals surface area contributed by atoms with Gasteiger partial charge in [0.15, 0.2) is 0 Å². The number of hydrogen-bond acceptors (Lipinski definition) is 3. The van der Waals surface area contributed by atoms with E-state index in [0.29, 0.717) is 0 Å². The van der Waals surface area contributed by atoms with Crippen LogP contribution < -0.4 is 5.32 Å². The molecule has 1 aliphatic heterocycles. The van der Waals surface area contributed by atoms with Crippen molar-refractivity contribution in [3.63, 3.8) is 0 Å². The number of aromatic nitrogens is 2. The van der Waals surface area contributed by atoms with E-state index in [0.717, 1.165) is 41.8 Å². The van der Waals surface area contributed by atoms with Crippen molar-refractivity contribution in [1.82, 2.24) is 20.0 Å². The normalized spacial score (nSPS) is 20.5. The molecule has 6 heteroatoms. The van der Waals surface area contributed by atoms with Gasteiger partial charge in [0, 0.05) is 5.69 Å². The number of carbonyl (C=O) groups excluding carboxylic acids is 2. The number of carbonyl (C=O) groups is 2. The van der Waals surface area contributed by atoms with Gasteiger partial charge in [-0.1, -0.05) is 42.5 Å². The SMILES string of the molecule is Cc1ccccc1C1(C)NC(=O)N(Cc2nn(-c3ccccc3)c3c2CCC3)C1=O. The first-order valence-corrected chi connectivity index (χ1v) is 10.3. The lowest BCUT2D eigenvalue weighted by Crippen LogP contribution is -2.41. The molecule has 1 saturated heterocycles. The largest absolute Gasteiger partial charge is 0.325 e. The Bertz CT molecular complexity index is 1150. The number of benzene rings is 2. The Balaban J connectivity index is 1.49. The van der Waals surface area contributed by atoms with Gasteiger partial charge in [-0.15, -0.1) is 0 Å². The van der Waals surface area contributed by atoms with Gasteiger partial charge in [0.05, 0.1) is 17.9 Å². The van der Waals surface area contributed by atoms with Crippen LogP contribution in [0.1, 0.15) is 41.4 Å². The van der Waals surface area contributed by atoms with Gasteiger partial charge in [0.25, 0.3) is 5.91 Å². The Hall–Kier alpha value is -3.41. The van der Waals surface area contributed by atoms with Crippen molar-refractivity contribution in [2.24, 2.45) is 0 Å². The second kappa shape index (κ2) is 6.83. The lowest BCUT2D eigenvalue weighted by atomic mass is 9.88. The molecule has 2 heterocycles. The third-order valence-electron chi connectivity index (χ3n) is 6.28. The van der Waals surface area contributed by atoms with Gasteiger partial charge in [0.2, 0.25) is 0 Å². The molecule has 0 radical (unpaired) electrons. The lowest BCUT2D eigenvalue weighted by Gasteiger charge is -2.24. The quantitative estimate of drug-likeness (QED) is 0.680. The standard InChI is InChI=1S/C24H24N4O2/c1-16-9-6-7-13-19(16)24(2)22(29)27(23(30)25-24)15-20-18-12-8-14-21(18)28(26-20)17-10-4-3-5-11-17/h3-7,9-11,13H,8,12,14-15H2,1-2H3,(H,25,30). The molecule has 1 N–H and O–H groups in total. The summed E-state index contributed by atoms with van der Waals surface area (Å²) in [4.78, 5) is 27.5. The first-order chi connectivity index (χ1) is 14.5. The lowest BCUT2D eigenvalue weighted by molar-refractivity contribution is -0.131. The van der Waals surface area contributed by atoms with E-state index in [2.05, 4.69) is 5.32 Å². The molecule has 5 rings (SSSR count). The number of rotatable bonds is 4. The summed E-state index contributed by atoms with van der Waals surface area (Å²) in [6, 6.07) is 17.3. The van der Waals surface area contributed by atoms with E-state index >= 15 is 0 Å². The van der Waals surface area contributed by atoms with E-state index in [-0.39, 0.29) is 18.5 Å². The molecule has 1 atom stereocenters. The van der Waals surface area contributed by atoms with Crippen LogP contribution in [0.2, 0.25) is 0 Å². The van der Waals surface area contributed by atoms with Crippen molar-refractivity contribution in [2.75, 3.05) is 0 Å². The first kappa shape index (κ1) is 18.6. The monoisotopic (exact) mass is 400 g/mol. The van der Waals surface area contributed by atoms with Gasteiger partial charge >= 0.3 is 6.03 Å². The third kappa shape index (κ3) is 2.75. The second-order valence-corrected chi connectivity index (χ2v) is 8.23. The van der Waals surface area contributed by atoms with Crippen LogP contribution in [0, 0.1) is 6.92 Å². The predicted octanol–water partition coefficient (Wildman–Crippen LogP) is 3.64. The minimum Gasteiger partial charge on any atom is -0.319 e. The highest BCUT2D eigenvalue weighted by Gasteiger charge is 2.49. The summed E-state index contributed by atoms with van der Waals surface area (Å²) >= 11 is 0. The van der Waals surface area contributed by atoms with Crippen molar-refractivity contribution >= 4 is 11.9 Å². The van der Waals surface area contributed by atoms with Gasteiger partial charge in [-0.2, -0.15) is 5.10 Å². The summed E-state index contributed by atoms with van der Waals surface area (Å²) in [5.74, 6) is -0.234. The fourth-order valence-corrected chi connectivity index (χ4v) is 4.73. The van der Waals surface area contributed by atoms with Crippen molar-refractivity contribution in [3.05, 3.63) is 82.7 Å². The fraction of sp³-hybridized carbons (Fsp3) is 0.292. The molecule has 152 valence electrons. The smallest absolute Gasteiger partial charge is 0.319 e. The van der Waals surface area contributed by atoms with E-state index < -0.39 is 5.54 Å². The number of nitrogens with zero attached hydrogens (tertiary/aromatic N) is 3. The van der Waals surface area contributed by atoms with E-state index in [1.165, 1.54) is 16.2 Å². The summed E-state index contributed by atoms with van der Waals surface area (Å²) in [6.07, 6.45) is 2.95. The molecule has 6 nitrogen and oxygen atoms in total. The molecular formula is C24H24N4O2. The number of para-hydroxylation sites is 1. The van der Waals surface area contributed by atoms with E-state index in [1.807, 2.05) is 66.2 Å². The van der Waals surface area contributed by atoms with Gasteiger partial charge in [-0.05, 0) is 61.9 Å². The maximum Gasteiger partial charge on any atom is 0.325 e. The Morgan fingerprint density at radius 3 is 2.53 bits per heavy atom. The predicted molar refractivity (Wildman–Crippen MR) is 113 cm³/mol. The van der Waals surface area contributed by atoms with Crippen molar-refractivity contribution in [1.29, 1.82) is 0 Å². The van der Waals surface area contributed by atoms with Crippen molar-refractivity contribution < 1.29 is 9.59 Å². The number of imide groups is 1. The summed E-state index contributed by atoms with van der Waals surface area (Å²) in [5, 5.41) is 7.73. The summed E-state index contributed by atoms with van der Waals surface area (Å²) in [5.41, 5.74) is 4.91. The van der Waals surface area contributed by atoms with Crippen LogP contribution in [-0.4, -0.2) is 26.6 Å². The maximum atomic E-state index is 13.4. The highest BCUT2D eigenvalue weighted by atomic mass is 16.2. The topological polar surface area (TPSA) is 67.2 Å². The van der Waals surface area contributed by atoms with Crippen LogP contribution in [0.25, 0.3) is 5.69 Å². The van der Waals surface area contributed by atoms with E-state index in [9.17, 15) is 9.59 Å². The molecule has 0 bridgehead atoms. The van der Waals surface area contributed by atoms with Crippen molar-refractivity contribution in [2.45, 2.75) is 45.2 Å². The molecule has 30 heavy (non-hydrogen) atoms. The molecule has 0 saturated carbocycles. The highest BCUT2D eigenvalue weighted by molar-refractivity contribution is 6.07. The molecule has 2 aromatic carbocycles. The van der Waals surface area contributed by atoms with Crippen LogP contribution in [0.5, 0.6) is 0 Å². The molecule has 1 fully saturated rings. The third-order valence-corrected chi connectivity index (χ3v) is 6.28. The molecule has 1 aliphatic carbocycles. The molecule has 3 amide bonds. The average molecular weight is 400 g/mol. The molecule has 1 unspecified atom stereocenters. The first-order valence-electron chi connectivity index (χ1n) is 10.3. The number of aryl methyl sites for hydroxylation is 1. The number of nitrogens with one attached hydrogen (secondary N) is 1. The molecule has 3 aromatic rings. The fourth-order valence-electron chi connectivity index (χ4n) is 4.73. The Kier molecular flexibility index (Phi) is 4.24. The minimum absolute atomic E-state index is 0.189. The number of amides is 3. The summed E-state index contributed by atoms with van der Waals surface area (Å²) in [6.45, 7) is 3.92. The van der Waals surface area contributed by atoms with Crippen LogP contribution in [0.15, 0.2) is 54.6 Å². The van der Waals surface area contributed by atoms with Crippen LogP contribution in [0.3, 0.4) is 0 Å². The van der Waals surface area contributed by atoms with E-state index in [4.69, 9.17) is 5.10 Å². The summed E-state index contributed by atoms with van der Waals surface area (Å²) in [7, 11) is 0. The van der Waals surface area contributed by atoms with Gasteiger partial charge < -0.3 is 5.32 Å². The zero-order valence-corrected chi connectivity index (χ0v) is 17.2. The Labute approximate surface area is 175 Å². The average Bonchev–Trinajstić information content (AvgIpc) is 3.40. The van der Waals surface area contributed by atoms with Gasteiger partial charge in [0.1, 0.15) is 5.54 Å². The maximum absolute atomic E-state index is 13.4. The second-order valence-electron chi connectivity index (χ2n) is 8.23. The number of urea groups is 1. The van der Waals surface area contributed by atoms with Gasteiger partial charge in [-0.25, -0.2) is 9.48 Å². The van der Waals surface area contributed by atoms with Crippen LogP contribution >= 0.6 is 0 Å². The molecule has 1 aromatic heterocycles. The zero-order valence-electron chi connectivity index (χ0n) is 17.2. The van der Waals surface area contributed by atoms with Crippen LogP contribution in [-0.2, 0) is 29.7 Å². The minimum atomic E-state index is -1.06. The number of hydrogen-bond donors (Lipinski definition) is 1. The molecular weight excluding hydrogens is 376 g/mol. The Morgan fingerprint density at radius 2 is 1.77 bits per heavy atom. The molecule has 2 aliphatic rings. The zero-order chi connectivity index (χ0) is 20.9.